The van der Waals surface area contributed by atoms with Crippen molar-refractivity contribution < 1.29 is 9.53 Å². The van der Waals surface area contributed by atoms with Gasteiger partial charge in [-0.15, -0.1) is 0 Å². The molecule has 0 radical (unpaired) electrons. The number of nitrogens with one attached hydrogen (secondary N) is 1. The van der Waals surface area contributed by atoms with Crippen LogP contribution in [0.3, 0.4) is 0 Å². The van der Waals surface area contributed by atoms with Gasteiger partial charge in [0, 0.05) is 29.8 Å². The fraction of sp³-hybridized carbons (Fsp3) is 0.364. The van der Waals surface area contributed by atoms with E-state index in [0.29, 0.717) is 11.5 Å². The SMILES string of the molecule is CCCN1C(=S)NC(c2c(OC)ccc3ccccc23)C2=C1CCCC2=O. The van der Waals surface area contributed by atoms with Crippen LogP contribution in [0.2, 0.25) is 0 Å². The summed E-state index contributed by atoms with van der Waals surface area (Å²) in [6.45, 7) is 2.96. The van der Waals surface area contributed by atoms with Gasteiger partial charge in [0.05, 0.1) is 13.2 Å². The number of rotatable bonds is 4. The van der Waals surface area contributed by atoms with E-state index in [9.17, 15) is 4.79 Å². The van der Waals surface area contributed by atoms with Crippen molar-refractivity contribution in [1.82, 2.24) is 10.2 Å². The summed E-state index contributed by atoms with van der Waals surface area (Å²) in [4.78, 5) is 15.1. The van der Waals surface area contributed by atoms with Crippen molar-refractivity contribution in [2.45, 2.75) is 38.6 Å². The minimum absolute atomic E-state index is 0.215. The lowest BCUT2D eigenvalue weighted by molar-refractivity contribution is -0.116. The molecule has 0 aromatic heterocycles. The van der Waals surface area contributed by atoms with E-state index in [4.69, 9.17) is 17.0 Å². The van der Waals surface area contributed by atoms with Crippen LogP contribution in [-0.4, -0.2) is 29.5 Å². The van der Waals surface area contributed by atoms with Crippen LogP contribution in [0, 0.1) is 0 Å². The van der Waals surface area contributed by atoms with Gasteiger partial charge >= 0.3 is 0 Å². The number of fused-ring (bicyclic) bond motifs is 1. The van der Waals surface area contributed by atoms with E-state index in [2.05, 4.69) is 35.3 Å². The number of methoxy groups -OCH3 is 1. The first-order chi connectivity index (χ1) is 13.2. The van der Waals surface area contributed by atoms with Crippen LogP contribution < -0.4 is 10.1 Å². The highest BCUT2D eigenvalue weighted by Gasteiger charge is 2.38. The third-order valence-electron chi connectivity index (χ3n) is 5.44. The van der Waals surface area contributed by atoms with Crippen molar-refractivity contribution in [3.8, 4) is 5.75 Å². The van der Waals surface area contributed by atoms with Gasteiger partial charge in [-0.3, -0.25) is 4.79 Å². The lowest BCUT2D eigenvalue weighted by Gasteiger charge is -2.41. The Labute approximate surface area is 165 Å². The number of nitrogens with zero attached hydrogens (tertiary/aromatic N) is 1. The average molecular weight is 381 g/mol. The maximum atomic E-state index is 13.0. The molecule has 1 aliphatic carbocycles. The van der Waals surface area contributed by atoms with Crippen LogP contribution in [0.1, 0.15) is 44.2 Å². The highest BCUT2D eigenvalue weighted by Crippen LogP contribution is 2.42. The second-order valence-electron chi connectivity index (χ2n) is 7.07. The number of ketones is 1. The number of Topliss-reactive ketones (excluding diaryl/α,β-unsaturated/α-hetero) is 1. The monoisotopic (exact) mass is 380 g/mol. The zero-order valence-electron chi connectivity index (χ0n) is 15.7. The van der Waals surface area contributed by atoms with E-state index >= 15 is 0 Å². The minimum atomic E-state index is -0.269. The van der Waals surface area contributed by atoms with Crippen LogP contribution in [-0.2, 0) is 4.79 Å². The molecule has 0 fully saturated rings. The van der Waals surface area contributed by atoms with Gasteiger partial charge < -0.3 is 15.0 Å². The highest BCUT2D eigenvalue weighted by molar-refractivity contribution is 7.80. The maximum absolute atomic E-state index is 13.0. The lowest BCUT2D eigenvalue weighted by atomic mass is 9.83. The Morgan fingerprint density at radius 1 is 1.22 bits per heavy atom. The summed E-state index contributed by atoms with van der Waals surface area (Å²) in [6, 6.07) is 12.0. The third-order valence-corrected chi connectivity index (χ3v) is 5.78. The normalized spacial score (nSPS) is 19.9. The number of benzene rings is 2. The molecule has 0 amide bonds. The largest absolute Gasteiger partial charge is 0.496 e. The van der Waals surface area contributed by atoms with Crippen LogP contribution in [0.5, 0.6) is 5.75 Å². The van der Waals surface area contributed by atoms with Crippen LogP contribution >= 0.6 is 12.2 Å². The zero-order valence-corrected chi connectivity index (χ0v) is 16.6. The van der Waals surface area contributed by atoms with Crippen molar-refractivity contribution >= 4 is 33.9 Å². The predicted molar refractivity (Wildman–Crippen MR) is 112 cm³/mol. The third kappa shape index (κ3) is 3.00. The molecule has 1 heterocycles. The molecule has 1 atom stereocenters. The summed E-state index contributed by atoms with van der Waals surface area (Å²) in [5.41, 5.74) is 2.95. The molecule has 27 heavy (non-hydrogen) atoms. The Morgan fingerprint density at radius 2 is 2.04 bits per heavy atom. The molecule has 2 aromatic rings. The topological polar surface area (TPSA) is 41.6 Å². The smallest absolute Gasteiger partial charge is 0.173 e. The van der Waals surface area contributed by atoms with Crippen molar-refractivity contribution in [1.29, 1.82) is 0 Å². The predicted octanol–water partition coefficient (Wildman–Crippen LogP) is 4.50. The number of hydrogen-bond donors (Lipinski definition) is 1. The molecule has 1 unspecified atom stereocenters. The van der Waals surface area contributed by atoms with Crippen molar-refractivity contribution in [2.24, 2.45) is 0 Å². The Bertz CT molecular complexity index is 950. The van der Waals surface area contributed by atoms with Crippen molar-refractivity contribution in [3.63, 3.8) is 0 Å². The second kappa shape index (κ2) is 7.31. The molecule has 0 spiro atoms. The number of thiocarbonyl (C=S) groups is 1. The molecular formula is C22H24N2O2S. The van der Waals surface area contributed by atoms with Gasteiger partial charge in [-0.05, 0) is 48.3 Å². The van der Waals surface area contributed by atoms with Crippen LogP contribution in [0.4, 0.5) is 0 Å². The standard InChI is InChI=1S/C22H24N2O2S/c1-3-13-24-16-9-6-10-17(25)20(16)21(23-22(24)27)19-15-8-5-4-7-14(15)11-12-18(19)26-2/h4-5,7-8,11-12,21H,3,6,9-10,13H2,1-2H3,(H,23,27). The first-order valence-electron chi connectivity index (χ1n) is 9.55. The summed E-state index contributed by atoms with van der Waals surface area (Å²) >= 11 is 5.71. The van der Waals surface area contributed by atoms with Crippen LogP contribution in [0.15, 0.2) is 47.7 Å². The van der Waals surface area contributed by atoms with E-state index in [1.807, 2.05) is 18.2 Å². The van der Waals surface area contributed by atoms with Crippen molar-refractivity contribution in [2.75, 3.05) is 13.7 Å². The molecule has 0 bridgehead atoms. The minimum Gasteiger partial charge on any atom is -0.496 e. The zero-order chi connectivity index (χ0) is 19.0. The average Bonchev–Trinajstić information content (AvgIpc) is 2.69. The number of allylic oxidation sites excluding steroid dienone is 1. The van der Waals surface area contributed by atoms with Gasteiger partial charge in [0.25, 0.3) is 0 Å². The molecule has 4 nitrogen and oxygen atoms in total. The summed E-state index contributed by atoms with van der Waals surface area (Å²) in [5.74, 6) is 0.996. The first-order valence-corrected chi connectivity index (χ1v) is 9.96. The fourth-order valence-electron chi connectivity index (χ4n) is 4.28. The van der Waals surface area contributed by atoms with E-state index < -0.39 is 0 Å². The molecule has 2 aromatic carbocycles. The summed E-state index contributed by atoms with van der Waals surface area (Å²) < 4.78 is 5.70. The summed E-state index contributed by atoms with van der Waals surface area (Å²) in [7, 11) is 1.68. The quantitative estimate of drug-likeness (QED) is 0.791. The lowest BCUT2D eigenvalue weighted by Crippen LogP contribution is -2.49. The van der Waals surface area contributed by atoms with E-state index in [1.54, 1.807) is 7.11 Å². The molecule has 0 saturated carbocycles. The molecule has 0 saturated heterocycles. The highest BCUT2D eigenvalue weighted by atomic mass is 32.1. The molecular weight excluding hydrogens is 356 g/mol. The van der Waals surface area contributed by atoms with E-state index in [-0.39, 0.29) is 11.8 Å². The van der Waals surface area contributed by atoms with Gasteiger partial charge in [0.2, 0.25) is 0 Å². The number of carbonyl (C=O) groups is 1. The molecule has 4 rings (SSSR count). The fourth-order valence-corrected chi connectivity index (χ4v) is 4.60. The van der Waals surface area contributed by atoms with Gasteiger partial charge in [0.15, 0.2) is 10.9 Å². The van der Waals surface area contributed by atoms with Gasteiger partial charge in [-0.1, -0.05) is 37.3 Å². The van der Waals surface area contributed by atoms with Crippen LogP contribution in [0.25, 0.3) is 10.8 Å². The van der Waals surface area contributed by atoms with Gasteiger partial charge in [0.1, 0.15) is 5.75 Å². The Morgan fingerprint density at radius 3 is 2.81 bits per heavy atom. The second-order valence-corrected chi connectivity index (χ2v) is 7.46. The molecule has 5 heteroatoms. The van der Waals surface area contributed by atoms with E-state index in [0.717, 1.165) is 59.2 Å². The number of ether oxygens (including phenoxy) is 1. The Kier molecular flexibility index (Phi) is 4.87. The summed E-state index contributed by atoms with van der Waals surface area (Å²) in [6.07, 6.45) is 3.36. The maximum Gasteiger partial charge on any atom is 0.173 e. The van der Waals surface area contributed by atoms with Gasteiger partial charge in [-0.2, -0.15) is 0 Å². The molecule has 1 aliphatic heterocycles. The van der Waals surface area contributed by atoms with Gasteiger partial charge in [-0.25, -0.2) is 0 Å². The Balaban J connectivity index is 1.96. The van der Waals surface area contributed by atoms with E-state index in [1.165, 1.54) is 0 Å². The first kappa shape index (κ1) is 18.0. The Hall–Kier alpha value is -2.40. The number of carbonyl (C=O) groups excluding carboxylic acids is 1. The summed E-state index contributed by atoms with van der Waals surface area (Å²) in [5, 5.41) is 6.38. The van der Waals surface area contributed by atoms with Crippen molar-refractivity contribution in [3.05, 3.63) is 53.2 Å². The molecule has 140 valence electrons. The number of hydrogen-bond acceptors (Lipinski definition) is 3. The molecule has 2 aliphatic rings. The molecule has 1 N–H and O–H groups in total.